The third-order valence-electron chi connectivity index (χ3n) is 5.19. The molecular weight excluding hydrogens is 530 g/mol. The summed E-state index contributed by atoms with van der Waals surface area (Å²) >= 11 is 14.6. The summed E-state index contributed by atoms with van der Waals surface area (Å²) in [6.45, 7) is 2.00. The van der Waals surface area contributed by atoms with E-state index >= 15 is 0 Å². The smallest absolute Gasteiger partial charge is 0.236 e. The number of aromatic nitrogens is 4. The molecule has 0 fully saturated rings. The molecule has 0 unspecified atom stereocenters. The number of amides is 1. The summed E-state index contributed by atoms with van der Waals surface area (Å²) in [6.07, 6.45) is 0. The Balaban J connectivity index is 1.48. The molecule has 4 rings (SSSR count). The van der Waals surface area contributed by atoms with Crippen LogP contribution in [0.5, 0.6) is 0 Å². The standard InChI is InChI=1S/C23H21Cl2FN6OS2/c1-13(31(2)3)21-29-30-23(32(21)16-7-5-15(26)6-8-16)35-12-20(33)28-22-27-19(11-34-22)14-4-9-17(24)18(25)10-14/h4-11,13H,12H2,1-3H3,(H,27,28,33)/t13-/m1/s1. The van der Waals surface area contributed by atoms with Crippen LogP contribution >= 0.6 is 46.3 Å². The lowest BCUT2D eigenvalue weighted by Crippen LogP contribution is -2.21. The van der Waals surface area contributed by atoms with Crippen LogP contribution in [0.4, 0.5) is 9.52 Å². The summed E-state index contributed by atoms with van der Waals surface area (Å²) in [5.74, 6) is 0.218. The molecule has 0 aliphatic carbocycles. The quantitative estimate of drug-likeness (QED) is 0.263. The van der Waals surface area contributed by atoms with Crippen molar-refractivity contribution < 1.29 is 9.18 Å². The van der Waals surface area contributed by atoms with Crippen LogP contribution < -0.4 is 5.32 Å². The molecule has 2 aromatic heterocycles. The second kappa shape index (κ2) is 11.0. The number of halogens is 3. The second-order valence-corrected chi connectivity index (χ2v) is 10.4. The van der Waals surface area contributed by atoms with E-state index in [9.17, 15) is 9.18 Å². The summed E-state index contributed by atoms with van der Waals surface area (Å²) in [5.41, 5.74) is 2.21. The van der Waals surface area contributed by atoms with Crippen molar-refractivity contribution in [1.29, 1.82) is 0 Å². The van der Waals surface area contributed by atoms with Crippen LogP contribution in [0.15, 0.2) is 53.0 Å². The molecule has 1 N–H and O–H groups in total. The molecule has 0 radical (unpaired) electrons. The van der Waals surface area contributed by atoms with Crippen molar-refractivity contribution in [2.45, 2.75) is 18.1 Å². The molecule has 0 saturated heterocycles. The number of nitrogens with one attached hydrogen (secondary N) is 1. The molecule has 0 aliphatic heterocycles. The zero-order valence-electron chi connectivity index (χ0n) is 19.0. The topological polar surface area (TPSA) is 75.9 Å². The molecule has 0 aliphatic rings. The van der Waals surface area contributed by atoms with E-state index in [4.69, 9.17) is 23.2 Å². The van der Waals surface area contributed by atoms with Gasteiger partial charge in [-0.05, 0) is 57.4 Å². The highest BCUT2D eigenvalue weighted by atomic mass is 35.5. The van der Waals surface area contributed by atoms with E-state index < -0.39 is 0 Å². The van der Waals surface area contributed by atoms with Crippen molar-refractivity contribution in [3.05, 3.63) is 69.5 Å². The molecule has 7 nitrogen and oxygen atoms in total. The van der Waals surface area contributed by atoms with Crippen molar-refractivity contribution in [1.82, 2.24) is 24.6 Å². The number of benzene rings is 2. The summed E-state index contributed by atoms with van der Waals surface area (Å²) in [6, 6.07) is 11.3. The predicted octanol–water partition coefficient (Wildman–Crippen LogP) is 6.19. The minimum absolute atomic E-state index is 0.0501. The third-order valence-corrected chi connectivity index (χ3v) is 7.62. The van der Waals surface area contributed by atoms with Gasteiger partial charge in [-0.25, -0.2) is 9.37 Å². The number of rotatable bonds is 8. The Morgan fingerprint density at radius 2 is 1.91 bits per heavy atom. The molecule has 35 heavy (non-hydrogen) atoms. The van der Waals surface area contributed by atoms with Crippen LogP contribution in [0.2, 0.25) is 10.0 Å². The highest BCUT2D eigenvalue weighted by molar-refractivity contribution is 7.99. The maximum atomic E-state index is 13.5. The van der Waals surface area contributed by atoms with Gasteiger partial charge in [0.1, 0.15) is 5.82 Å². The lowest BCUT2D eigenvalue weighted by atomic mass is 10.2. The first kappa shape index (κ1) is 25.6. The first-order valence-electron chi connectivity index (χ1n) is 10.4. The van der Waals surface area contributed by atoms with Gasteiger partial charge in [0, 0.05) is 16.6 Å². The van der Waals surface area contributed by atoms with Crippen molar-refractivity contribution in [3.8, 4) is 16.9 Å². The Kier molecular flexibility index (Phi) is 8.08. The van der Waals surface area contributed by atoms with Crippen LogP contribution in [-0.4, -0.2) is 50.4 Å². The number of carbonyl (C=O) groups excluding carboxylic acids is 1. The maximum absolute atomic E-state index is 13.5. The van der Waals surface area contributed by atoms with Gasteiger partial charge in [-0.1, -0.05) is 41.0 Å². The van der Waals surface area contributed by atoms with Gasteiger partial charge in [-0.2, -0.15) is 0 Å². The van der Waals surface area contributed by atoms with Crippen molar-refractivity contribution in [2.75, 3.05) is 25.2 Å². The number of nitrogens with zero attached hydrogens (tertiary/aromatic N) is 5. The summed E-state index contributed by atoms with van der Waals surface area (Å²) < 4.78 is 15.3. The molecule has 0 saturated carbocycles. The highest BCUT2D eigenvalue weighted by Crippen LogP contribution is 2.31. The molecule has 1 amide bonds. The van der Waals surface area contributed by atoms with Gasteiger partial charge in [0.25, 0.3) is 0 Å². The minimum atomic E-state index is -0.332. The van der Waals surface area contributed by atoms with Crippen molar-refractivity contribution in [2.24, 2.45) is 0 Å². The molecule has 12 heteroatoms. The third kappa shape index (κ3) is 6.02. The van der Waals surface area contributed by atoms with E-state index in [2.05, 4.69) is 20.5 Å². The number of thiazole rings is 1. The monoisotopic (exact) mass is 550 g/mol. The Bertz CT molecular complexity index is 1340. The number of thioether (sulfide) groups is 1. The van der Waals surface area contributed by atoms with Gasteiger partial charge in [0.2, 0.25) is 5.91 Å². The number of hydrogen-bond acceptors (Lipinski definition) is 7. The molecular formula is C23H21Cl2FN6OS2. The summed E-state index contributed by atoms with van der Waals surface area (Å²) in [4.78, 5) is 19.1. The molecule has 2 aromatic carbocycles. The van der Waals surface area contributed by atoms with E-state index in [0.29, 0.717) is 37.5 Å². The average molecular weight is 552 g/mol. The molecule has 0 bridgehead atoms. The summed E-state index contributed by atoms with van der Waals surface area (Å²) in [5, 5.41) is 15.2. The first-order valence-corrected chi connectivity index (χ1v) is 13.1. The zero-order chi connectivity index (χ0) is 25.1. The van der Waals surface area contributed by atoms with E-state index in [1.54, 1.807) is 24.3 Å². The maximum Gasteiger partial charge on any atom is 0.236 e. The van der Waals surface area contributed by atoms with E-state index in [1.807, 2.05) is 41.9 Å². The van der Waals surface area contributed by atoms with Gasteiger partial charge in [-0.3, -0.25) is 14.3 Å². The van der Waals surface area contributed by atoms with Gasteiger partial charge in [0.15, 0.2) is 16.1 Å². The Morgan fingerprint density at radius 1 is 1.17 bits per heavy atom. The van der Waals surface area contributed by atoms with Crippen LogP contribution in [0.1, 0.15) is 18.8 Å². The fourth-order valence-corrected chi connectivity index (χ4v) is 4.91. The fourth-order valence-electron chi connectivity index (χ4n) is 3.11. The molecule has 1 atom stereocenters. The van der Waals surface area contributed by atoms with Gasteiger partial charge < -0.3 is 5.32 Å². The molecule has 182 valence electrons. The van der Waals surface area contributed by atoms with Crippen molar-refractivity contribution >= 4 is 57.3 Å². The van der Waals surface area contributed by atoms with Gasteiger partial charge in [0.05, 0.1) is 27.5 Å². The van der Waals surface area contributed by atoms with Crippen LogP contribution in [-0.2, 0) is 4.79 Å². The second-order valence-electron chi connectivity index (χ2n) is 7.80. The molecule has 4 aromatic rings. The van der Waals surface area contributed by atoms with Crippen molar-refractivity contribution in [3.63, 3.8) is 0 Å². The number of hydrogen-bond donors (Lipinski definition) is 1. The normalized spacial score (nSPS) is 12.2. The van der Waals surface area contributed by atoms with E-state index in [0.717, 1.165) is 5.56 Å². The largest absolute Gasteiger partial charge is 0.301 e. The number of anilines is 1. The van der Waals surface area contributed by atoms with Gasteiger partial charge in [-0.15, -0.1) is 21.5 Å². The zero-order valence-corrected chi connectivity index (χ0v) is 22.1. The minimum Gasteiger partial charge on any atom is -0.301 e. The van der Waals surface area contributed by atoms with Crippen LogP contribution in [0, 0.1) is 5.82 Å². The van der Waals surface area contributed by atoms with E-state index in [1.165, 1.54) is 35.2 Å². The summed E-state index contributed by atoms with van der Waals surface area (Å²) in [7, 11) is 3.88. The first-order chi connectivity index (χ1) is 16.7. The lowest BCUT2D eigenvalue weighted by molar-refractivity contribution is -0.113. The van der Waals surface area contributed by atoms with Gasteiger partial charge >= 0.3 is 0 Å². The highest BCUT2D eigenvalue weighted by Gasteiger charge is 2.22. The average Bonchev–Trinajstić information content (AvgIpc) is 3.46. The van der Waals surface area contributed by atoms with E-state index in [-0.39, 0.29) is 23.5 Å². The lowest BCUT2D eigenvalue weighted by Gasteiger charge is -2.20. The Labute approximate surface area is 220 Å². The Morgan fingerprint density at radius 3 is 2.60 bits per heavy atom. The molecule has 0 spiro atoms. The number of carbonyl (C=O) groups is 1. The Hall–Kier alpha value is -2.50. The van der Waals surface area contributed by atoms with Crippen LogP contribution in [0.25, 0.3) is 16.9 Å². The fraction of sp³-hybridized carbons (Fsp3) is 0.217. The molecule has 2 heterocycles. The predicted molar refractivity (Wildman–Crippen MR) is 140 cm³/mol. The SMILES string of the molecule is C[C@H](c1nnc(SCC(=O)Nc2nc(-c3ccc(Cl)c(Cl)c3)cs2)n1-c1ccc(F)cc1)N(C)C. The van der Waals surface area contributed by atoms with Crippen LogP contribution in [0.3, 0.4) is 0 Å².